The molecule has 0 saturated heterocycles. The molecule has 0 bridgehead atoms. The monoisotopic (exact) mass is 412 g/mol. The van der Waals surface area contributed by atoms with Crippen LogP contribution in [0.15, 0.2) is 95.6 Å². The van der Waals surface area contributed by atoms with Gasteiger partial charge in [-0.3, -0.25) is 9.59 Å². The Morgan fingerprint density at radius 3 is 1.97 bits per heavy atom. The third-order valence-corrected chi connectivity index (χ3v) is 4.71. The standard InChI is InChI=1S/C25H20N2O4/c1-30-22-10-5-4-8-20(22)19-7-2-3-9-21(19)24(28)26-17-12-14-18(15-13-17)27-25(29)23-11-6-16-31-23/h2-16H,1H3,(H,26,28)(H,27,29). The first-order chi connectivity index (χ1) is 15.2. The average molecular weight is 412 g/mol. The molecule has 3 aromatic carbocycles. The molecule has 2 N–H and O–H groups in total. The molecule has 0 unspecified atom stereocenters. The van der Waals surface area contributed by atoms with E-state index in [-0.39, 0.29) is 17.6 Å². The zero-order chi connectivity index (χ0) is 21.6. The van der Waals surface area contributed by atoms with Crippen LogP contribution < -0.4 is 15.4 Å². The van der Waals surface area contributed by atoms with Gasteiger partial charge in [0.05, 0.1) is 13.4 Å². The molecule has 6 nitrogen and oxygen atoms in total. The fraction of sp³-hybridized carbons (Fsp3) is 0.0400. The number of anilines is 2. The maximum atomic E-state index is 13.0. The van der Waals surface area contributed by atoms with Crippen LogP contribution in [0.3, 0.4) is 0 Å². The number of carbonyl (C=O) groups is 2. The minimum atomic E-state index is -0.340. The summed E-state index contributed by atoms with van der Waals surface area (Å²) in [6.45, 7) is 0. The minimum Gasteiger partial charge on any atom is -0.496 e. The molecule has 6 heteroatoms. The Balaban J connectivity index is 1.51. The van der Waals surface area contributed by atoms with Gasteiger partial charge in [0.2, 0.25) is 0 Å². The summed E-state index contributed by atoms with van der Waals surface area (Å²) in [5, 5.41) is 5.64. The number of hydrogen-bond donors (Lipinski definition) is 2. The number of amides is 2. The number of nitrogens with one attached hydrogen (secondary N) is 2. The van der Waals surface area contributed by atoms with Gasteiger partial charge in [-0.05, 0) is 54.1 Å². The second-order valence-corrected chi connectivity index (χ2v) is 6.71. The van der Waals surface area contributed by atoms with Gasteiger partial charge < -0.3 is 19.8 Å². The summed E-state index contributed by atoms with van der Waals surface area (Å²) in [6, 6.07) is 25.0. The molecule has 0 spiro atoms. The van der Waals surface area contributed by atoms with Gasteiger partial charge in [-0.2, -0.15) is 0 Å². The molecule has 0 aliphatic heterocycles. The van der Waals surface area contributed by atoms with Gasteiger partial charge in [-0.15, -0.1) is 0 Å². The van der Waals surface area contributed by atoms with E-state index >= 15 is 0 Å². The molecule has 154 valence electrons. The molecule has 4 rings (SSSR count). The zero-order valence-electron chi connectivity index (χ0n) is 16.8. The predicted molar refractivity (Wildman–Crippen MR) is 119 cm³/mol. The zero-order valence-corrected chi connectivity index (χ0v) is 16.8. The van der Waals surface area contributed by atoms with E-state index in [2.05, 4.69) is 10.6 Å². The summed E-state index contributed by atoms with van der Waals surface area (Å²) in [6.07, 6.45) is 1.44. The highest BCUT2D eigenvalue weighted by atomic mass is 16.5. The van der Waals surface area contributed by atoms with Crippen molar-refractivity contribution in [3.8, 4) is 16.9 Å². The highest BCUT2D eigenvalue weighted by Gasteiger charge is 2.15. The lowest BCUT2D eigenvalue weighted by Gasteiger charge is -2.13. The Morgan fingerprint density at radius 1 is 0.710 bits per heavy atom. The van der Waals surface area contributed by atoms with Crippen LogP contribution in [0.5, 0.6) is 5.75 Å². The number of rotatable bonds is 6. The normalized spacial score (nSPS) is 10.4. The molecule has 31 heavy (non-hydrogen) atoms. The van der Waals surface area contributed by atoms with Crippen molar-refractivity contribution in [1.29, 1.82) is 0 Å². The molecule has 0 fully saturated rings. The van der Waals surface area contributed by atoms with Crippen molar-refractivity contribution in [3.63, 3.8) is 0 Å². The number of ether oxygens (including phenoxy) is 1. The summed E-state index contributed by atoms with van der Waals surface area (Å²) >= 11 is 0. The fourth-order valence-electron chi connectivity index (χ4n) is 3.22. The fourth-order valence-corrected chi connectivity index (χ4v) is 3.22. The van der Waals surface area contributed by atoms with Crippen LogP contribution in [0.2, 0.25) is 0 Å². The van der Waals surface area contributed by atoms with Crippen molar-refractivity contribution in [3.05, 3.63) is 103 Å². The molecule has 0 saturated carbocycles. The number of carbonyl (C=O) groups excluding carboxylic acids is 2. The third kappa shape index (κ3) is 4.48. The molecule has 0 radical (unpaired) electrons. The van der Waals surface area contributed by atoms with Crippen molar-refractivity contribution >= 4 is 23.2 Å². The van der Waals surface area contributed by atoms with E-state index in [1.54, 1.807) is 49.6 Å². The van der Waals surface area contributed by atoms with Gasteiger partial charge in [0.1, 0.15) is 5.75 Å². The van der Waals surface area contributed by atoms with E-state index in [9.17, 15) is 9.59 Å². The van der Waals surface area contributed by atoms with Crippen molar-refractivity contribution in [1.82, 2.24) is 0 Å². The molecule has 1 heterocycles. The topological polar surface area (TPSA) is 80.6 Å². The molecule has 2 amide bonds. The smallest absolute Gasteiger partial charge is 0.291 e. The molecule has 1 aromatic heterocycles. The van der Waals surface area contributed by atoms with Gasteiger partial charge in [-0.25, -0.2) is 0 Å². The lowest BCUT2D eigenvalue weighted by molar-refractivity contribution is 0.0994. The van der Waals surface area contributed by atoms with Crippen molar-refractivity contribution < 1.29 is 18.7 Å². The molecule has 0 aliphatic rings. The highest BCUT2D eigenvalue weighted by molar-refractivity contribution is 6.09. The lowest BCUT2D eigenvalue weighted by Crippen LogP contribution is -2.14. The molecule has 4 aromatic rings. The summed E-state index contributed by atoms with van der Waals surface area (Å²) in [7, 11) is 1.60. The van der Waals surface area contributed by atoms with Gasteiger partial charge in [0.25, 0.3) is 11.8 Å². The van der Waals surface area contributed by atoms with Crippen LogP contribution in [0.4, 0.5) is 11.4 Å². The van der Waals surface area contributed by atoms with Gasteiger partial charge in [-0.1, -0.05) is 36.4 Å². The lowest BCUT2D eigenvalue weighted by atomic mass is 9.98. The maximum Gasteiger partial charge on any atom is 0.291 e. The van der Waals surface area contributed by atoms with E-state index in [1.807, 2.05) is 42.5 Å². The van der Waals surface area contributed by atoms with Crippen LogP contribution in [-0.2, 0) is 0 Å². The largest absolute Gasteiger partial charge is 0.496 e. The number of methoxy groups -OCH3 is 1. The first-order valence-corrected chi connectivity index (χ1v) is 9.64. The first-order valence-electron chi connectivity index (χ1n) is 9.64. The van der Waals surface area contributed by atoms with E-state index < -0.39 is 0 Å². The van der Waals surface area contributed by atoms with Crippen molar-refractivity contribution in [2.24, 2.45) is 0 Å². The van der Waals surface area contributed by atoms with Crippen molar-refractivity contribution in [2.45, 2.75) is 0 Å². The maximum absolute atomic E-state index is 13.0. The molecule has 0 aliphatic carbocycles. The second-order valence-electron chi connectivity index (χ2n) is 6.71. The van der Waals surface area contributed by atoms with Crippen LogP contribution in [0.1, 0.15) is 20.9 Å². The van der Waals surface area contributed by atoms with E-state index in [0.29, 0.717) is 22.7 Å². The Bertz CT molecular complexity index is 1200. The number of benzene rings is 3. The first kappa shape index (κ1) is 20.0. The van der Waals surface area contributed by atoms with Crippen molar-refractivity contribution in [2.75, 3.05) is 17.7 Å². The quantitative estimate of drug-likeness (QED) is 0.441. The Morgan fingerprint density at radius 2 is 1.32 bits per heavy atom. The second kappa shape index (κ2) is 9.00. The van der Waals surface area contributed by atoms with Gasteiger partial charge >= 0.3 is 0 Å². The summed E-state index contributed by atoms with van der Waals surface area (Å²) < 4.78 is 10.5. The van der Waals surface area contributed by atoms with Crippen LogP contribution in [0, 0.1) is 0 Å². The number of hydrogen-bond acceptors (Lipinski definition) is 4. The number of furan rings is 1. The van der Waals surface area contributed by atoms with Crippen LogP contribution in [-0.4, -0.2) is 18.9 Å². The minimum absolute atomic E-state index is 0.227. The van der Waals surface area contributed by atoms with Crippen LogP contribution in [0.25, 0.3) is 11.1 Å². The van der Waals surface area contributed by atoms with Crippen LogP contribution >= 0.6 is 0 Å². The van der Waals surface area contributed by atoms with E-state index in [4.69, 9.17) is 9.15 Å². The van der Waals surface area contributed by atoms with Gasteiger partial charge in [0.15, 0.2) is 5.76 Å². The molecular weight excluding hydrogens is 392 g/mol. The summed E-state index contributed by atoms with van der Waals surface area (Å²) in [5.41, 5.74) is 3.35. The third-order valence-electron chi connectivity index (χ3n) is 4.71. The Kier molecular flexibility index (Phi) is 5.80. The molecular formula is C25H20N2O4. The SMILES string of the molecule is COc1ccccc1-c1ccccc1C(=O)Nc1ccc(NC(=O)c2ccco2)cc1. The highest BCUT2D eigenvalue weighted by Crippen LogP contribution is 2.32. The van der Waals surface area contributed by atoms with E-state index in [0.717, 1.165) is 11.1 Å². The average Bonchev–Trinajstić information content (AvgIpc) is 3.35. The number of para-hydroxylation sites is 1. The summed E-state index contributed by atoms with van der Waals surface area (Å²) in [4.78, 5) is 25.1. The summed E-state index contributed by atoms with van der Waals surface area (Å²) in [5.74, 6) is 0.339. The Labute approximate surface area is 179 Å². The predicted octanol–water partition coefficient (Wildman–Crippen LogP) is 5.46. The van der Waals surface area contributed by atoms with E-state index in [1.165, 1.54) is 6.26 Å². The Hall–Kier alpha value is -4.32. The van der Waals surface area contributed by atoms with Gasteiger partial charge in [0, 0.05) is 22.5 Å². The molecule has 0 atom stereocenters.